The molecule has 0 aliphatic heterocycles. The molecule has 0 aromatic carbocycles. The maximum atomic E-state index is 7.92. The zero-order valence-electron chi connectivity index (χ0n) is 4.97. The van der Waals surface area contributed by atoms with Gasteiger partial charge in [-0.3, -0.25) is 0 Å². The third kappa shape index (κ3) is 3.81. The first-order valence-corrected chi connectivity index (χ1v) is 6.31. The van der Waals surface area contributed by atoms with E-state index in [1.807, 2.05) is 6.92 Å². The Morgan fingerprint density at radius 3 is 2.00 bits per heavy atom. The number of hydrogen-bond acceptors (Lipinski definition) is 2. The first-order valence-electron chi connectivity index (χ1n) is 2.43. The second-order valence-corrected chi connectivity index (χ2v) is 6.00. The molecule has 0 aliphatic rings. The van der Waals surface area contributed by atoms with Gasteiger partial charge in [-0.25, -0.2) is 0 Å². The van der Waals surface area contributed by atoms with Crippen molar-refractivity contribution in [3.8, 4) is 0 Å². The summed E-state index contributed by atoms with van der Waals surface area (Å²) in [4.78, 5) is 5.86. The van der Waals surface area contributed by atoms with Gasteiger partial charge in [-0.1, -0.05) is 0 Å². The van der Waals surface area contributed by atoms with Crippen molar-refractivity contribution in [1.82, 2.24) is 0 Å². The minimum absolute atomic E-state index is 0.723. The molecule has 0 unspecified atom stereocenters. The fourth-order valence-electron chi connectivity index (χ4n) is 0.306. The Kier molecular flexibility index (Phi) is 4.95. The Bertz CT molecular complexity index is 146. The Balaban J connectivity index is 3.97. The Morgan fingerprint density at radius 1 is 1.33 bits per heavy atom. The van der Waals surface area contributed by atoms with Crippen LogP contribution in [0.3, 0.4) is 0 Å². The van der Waals surface area contributed by atoms with E-state index < -0.39 is 16.7 Å². The molecule has 9 heavy (non-hydrogen) atoms. The first kappa shape index (κ1) is 8.26. The molecule has 0 amide bonds. The molecule has 0 bridgehead atoms. The van der Waals surface area contributed by atoms with Crippen LogP contribution in [0.4, 0.5) is 0 Å². The fourth-order valence-corrected chi connectivity index (χ4v) is 1.59. The summed E-state index contributed by atoms with van der Waals surface area (Å²) >= 11 is -2.23. The SMILES string of the molecule is C[CH2][Ga]([N]=[N+]=[N-])[N]=[N+]=[N-]. The van der Waals surface area contributed by atoms with Crippen LogP contribution in [0.15, 0.2) is 7.64 Å². The van der Waals surface area contributed by atoms with Gasteiger partial charge in [-0.15, -0.1) is 0 Å². The van der Waals surface area contributed by atoms with Gasteiger partial charge in [0.1, 0.15) is 0 Å². The van der Waals surface area contributed by atoms with Crippen LogP contribution in [0.25, 0.3) is 20.9 Å². The van der Waals surface area contributed by atoms with Gasteiger partial charge in [0.2, 0.25) is 0 Å². The van der Waals surface area contributed by atoms with Gasteiger partial charge in [-0.2, -0.15) is 0 Å². The van der Waals surface area contributed by atoms with Crippen LogP contribution in [0.5, 0.6) is 0 Å². The van der Waals surface area contributed by atoms with E-state index in [1.54, 1.807) is 0 Å². The molecule has 0 rings (SSSR count). The van der Waals surface area contributed by atoms with E-state index in [-0.39, 0.29) is 0 Å². The Morgan fingerprint density at radius 2 is 1.78 bits per heavy atom. The normalized spacial score (nSPS) is 6.78. The van der Waals surface area contributed by atoms with Crippen molar-refractivity contribution in [3.63, 3.8) is 0 Å². The van der Waals surface area contributed by atoms with E-state index >= 15 is 0 Å². The Hall–Kier alpha value is -0.744. The summed E-state index contributed by atoms with van der Waals surface area (Å²) in [6.45, 7) is 1.86. The van der Waals surface area contributed by atoms with Gasteiger partial charge in [0.25, 0.3) is 0 Å². The minimum atomic E-state index is -2.23. The summed E-state index contributed by atoms with van der Waals surface area (Å²) in [5.41, 5.74) is 15.8. The average Bonchev–Trinajstić information content (AvgIpc) is 1.88. The van der Waals surface area contributed by atoms with Crippen molar-refractivity contribution < 1.29 is 0 Å². The van der Waals surface area contributed by atoms with Crippen LogP contribution in [-0.4, -0.2) is 16.7 Å². The molecule has 0 radical (unpaired) electrons. The van der Waals surface area contributed by atoms with E-state index in [1.165, 1.54) is 0 Å². The summed E-state index contributed by atoms with van der Waals surface area (Å²) in [5.74, 6) is 0. The topological polar surface area (TPSA) is 97.5 Å². The molecule has 0 aromatic rings. The summed E-state index contributed by atoms with van der Waals surface area (Å²) < 4.78 is 6.76. The third-order valence-corrected chi connectivity index (χ3v) is 3.82. The maximum absolute atomic E-state index is 7.92. The van der Waals surface area contributed by atoms with Crippen LogP contribution in [0.2, 0.25) is 4.98 Å². The van der Waals surface area contributed by atoms with Crippen molar-refractivity contribution in [1.29, 1.82) is 0 Å². The van der Waals surface area contributed by atoms with Gasteiger partial charge >= 0.3 is 57.1 Å². The van der Waals surface area contributed by atoms with Gasteiger partial charge in [-0.05, 0) is 0 Å². The molecule has 0 saturated carbocycles. The van der Waals surface area contributed by atoms with E-state index in [4.69, 9.17) is 11.1 Å². The van der Waals surface area contributed by atoms with Crippen LogP contribution in [0.1, 0.15) is 6.92 Å². The molecular formula is C2H5GaN6. The molecule has 0 heterocycles. The van der Waals surface area contributed by atoms with Gasteiger partial charge in [0.15, 0.2) is 0 Å². The molecule has 0 atom stereocenters. The fraction of sp³-hybridized carbons (Fsp3) is 1.00. The predicted molar refractivity (Wildman–Crippen MR) is 34.5 cm³/mol. The van der Waals surface area contributed by atoms with Crippen LogP contribution in [0, 0.1) is 0 Å². The van der Waals surface area contributed by atoms with E-state index in [9.17, 15) is 0 Å². The quantitative estimate of drug-likeness (QED) is 0.277. The van der Waals surface area contributed by atoms with Gasteiger partial charge < -0.3 is 0 Å². The van der Waals surface area contributed by atoms with E-state index in [0.717, 1.165) is 4.98 Å². The number of hydrogen-bond donors (Lipinski definition) is 0. The summed E-state index contributed by atoms with van der Waals surface area (Å²) in [7, 11) is 0. The van der Waals surface area contributed by atoms with Crippen molar-refractivity contribution in [2.75, 3.05) is 0 Å². The van der Waals surface area contributed by atoms with Crippen molar-refractivity contribution in [2.24, 2.45) is 7.64 Å². The number of rotatable bonds is 3. The molecule has 0 aromatic heterocycles. The number of nitrogens with zero attached hydrogens (tertiary/aromatic N) is 6. The van der Waals surface area contributed by atoms with Crippen molar-refractivity contribution in [2.45, 2.75) is 11.9 Å². The molecule has 0 saturated heterocycles. The molecule has 0 spiro atoms. The standard InChI is InChI=1S/C2H5.Ga.2N3/c1-2;;2*1-3-2/h1H2,2H3;;;/q;+2;2*-1. The summed E-state index contributed by atoms with van der Waals surface area (Å²) in [6, 6.07) is 0. The molecular weight excluding hydrogens is 178 g/mol. The molecule has 46 valence electrons. The monoisotopic (exact) mass is 182 g/mol. The van der Waals surface area contributed by atoms with Crippen LogP contribution < -0.4 is 0 Å². The molecule has 6 nitrogen and oxygen atoms in total. The van der Waals surface area contributed by atoms with E-state index in [2.05, 4.69) is 17.5 Å². The molecule has 0 N–H and O–H groups in total. The van der Waals surface area contributed by atoms with Gasteiger partial charge in [0, 0.05) is 0 Å². The Labute approximate surface area is 57.7 Å². The molecule has 0 fully saturated rings. The zero-order chi connectivity index (χ0) is 7.11. The predicted octanol–water partition coefficient (Wildman–Crippen LogP) is 2.12. The van der Waals surface area contributed by atoms with Crippen LogP contribution >= 0.6 is 0 Å². The summed E-state index contributed by atoms with van der Waals surface area (Å²) in [5, 5.41) is 0. The molecule has 7 heteroatoms. The van der Waals surface area contributed by atoms with E-state index in [0.29, 0.717) is 0 Å². The number of azide groups is 1. The van der Waals surface area contributed by atoms with Crippen molar-refractivity contribution >= 4 is 16.7 Å². The second-order valence-electron chi connectivity index (χ2n) is 1.30. The van der Waals surface area contributed by atoms with Gasteiger partial charge in [0.05, 0.1) is 0 Å². The second kappa shape index (κ2) is 5.39. The zero-order valence-corrected chi connectivity index (χ0v) is 7.39. The third-order valence-electron chi connectivity index (χ3n) is 0.735. The van der Waals surface area contributed by atoms with Crippen LogP contribution in [-0.2, 0) is 0 Å². The average molecular weight is 183 g/mol. The summed E-state index contributed by atoms with van der Waals surface area (Å²) in [6.07, 6.45) is 0. The first-order chi connectivity index (χ1) is 4.35. The van der Waals surface area contributed by atoms with Crippen molar-refractivity contribution in [3.05, 3.63) is 20.9 Å². The molecule has 0 aliphatic carbocycles.